The summed E-state index contributed by atoms with van der Waals surface area (Å²) in [5, 5.41) is 0.248. The van der Waals surface area contributed by atoms with Gasteiger partial charge < -0.3 is 4.74 Å². The first-order chi connectivity index (χ1) is 8.11. The first-order valence-corrected chi connectivity index (χ1v) is 6.85. The van der Waals surface area contributed by atoms with Crippen LogP contribution in [0.15, 0.2) is 12.2 Å². The van der Waals surface area contributed by atoms with Crippen molar-refractivity contribution in [2.45, 2.75) is 38.3 Å². The van der Waals surface area contributed by atoms with Crippen LogP contribution in [0.25, 0.3) is 0 Å². The second-order valence-corrected chi connectivity index (χ2v) is 4.64. The summed E-state index contributed by atoms with van der Waals surface area (Å²) >= 11 is 3.13. The summed E-state index contributed by atoms with van der Waals surface area (Å²) in [5.41, 5.74) is 0. The Morgan fingerprint density at radius 1 is 1.59 bits per heavy atom. The van der Waals surface area contributed by atoms with Crippen molar-refractivity contribution >= 4 is 27.8 Å². The van der Waals surface area contributed by atoms with Crippen molar-refractivity contribution in [2.75, 3.05) is 12.4 Å². The largest absolute Gasteiger partial charge is 0.453 e. The molecule has 0 aromatic carbocycles. The number of rotatable bonds is 4. The number of carbonyl (C=O) groups excluding carboxylic acids is 2. The minimum atomic E-state index is -0.463. The lowest BCUT2D eigenvalue weighted by Gasteiger charge is -2.34. The van der Waals surface area contributed by atoms with Crippen LogP contribution in [0.1, 0.15) is 26.2 Å². The molecule has 0 radical (unpaired) electrons. The maximum atomic E-state index is 11.8. The lowest BCUT2D eigenvalue weighted by atomic mass is 10.00. The van der Waals surface area contributed by atoms with Gasteiger partial charge in [-0.15, -0.1) is 0 Å². The number of amides is 1. The summed E-state index contributed by atoms with van der Waals surface area (Å²) in [5.74, 6) is -0.0191. The van der Waals surface area contributed by atoms with Gasteiger partial charge in [-0.3, -0.25) is 9.69 Å². The van der Waals surface area contributed by atoms with Gasteiger partial charge in [-0.2, -0.15) is 0 Å². The Labute approximate surface area is 110 Å². The zero-order valence-electron chi connectivity index (χ0n) is 10.2. The molecule has 0 saturated carbocycles. The van der Waals surface area contributed by atoms with Crippen LogP contribution < -0.4 is 0 Å². The molecule has 0 aromatic rings. The normalized spacial score (nSPS) is 20.8. The van der Waals surface area contributed by atoms with Gasteiger partial charge in [0.1, 0.15) is 0 Å². The number of nitrogens with zero attached hydrogens (tertiary/aromatic N) is 1. The quantitative estimate of drug-likeness (QED) is 0.592. The van der Waals surface area contributed by atoms with E-state index in [2.05, 4.69) is 22.0 Å². The summed E-state index contributed by atoms with van der Waals surface area (Å²) in [6.07, 6.45) is 6.54. The van der Waals surface area contributed by atoms with Crippen LogP contribution in [0.2, 0.25) is 0 Å². The Morgan fingerprint density at radius 3 is 2.76 bits per heavy atom. The van der Waals surface area contributed by atoms with Crippen LogP contribution in [0.3, 0.4) is 0 Å². The van der Waals surface area contributed by atoms with Gasteiger partial charge in [-0.1, -0.05) is 28.1 Å². The second-order valence-electron chi connectivity index (χ2n) is 4.08. The zero-order valence-corrected chi connectivity index (χ0v) is 11.8. The molecule has 0 spiro atoms. The molecule has 0 saturated heterocycles. The summed E-state index contributed by atoms with van der Waals surface area (Å²) in [7, 11) is 1.34. The molecule has 0 aromatic heterocycles. The predicted molar refractivity (Wildman–Crippen MR) is 69.3 cm³/mol. The van der Waals surface area contributed by atoms with Crippen LogP contribution in [0.4, 0.5) is 4.79 Å². The highest BCUT2D eigenvalue weighted by atomic mass is 79.9. The van der Waals surface area contributed by atoms with E-state index in [1.54, 1.807) is 6.92 Å². The third-order valence-electron chi connectivity index (χ3n) is 2.99. The minimum Gasteiger partial charge on any atom is -0.453 e. The molecule has 0 heterocycles. The van der Waals surface area contributed by atoms with Crippen molar-refractivity contribution in [1.29, 1.82) is 0 Å². The van der Waals surface area contributed by atoms with Gasteiger partial charge in [-0.25, -0.2) is 4.79 Å². The van der Waals surface area contributed by atoms with E-state index in [4.69, 9.17) is 4.74 Å². The number of hydrogen-bond donors (Lipinski definition) is 0. The Bertz CT molecular complexity index is 317. The lowest BCUT2D eigenvalue weighted by Crippen LogP contribution is -2.49. The molecule has 5 heteroatoms. The summed E-state index contributed by atoms with van der Waals surface area (Å²) in [4.78, 5) is 25.0. The molecule has 0 fully saturated rings. The van der Waals surface area contributed by atoms with E-state index in [1.807, 2.05) is 6.08 Å². The van der Waals surface area contributed by atoms with Gasteiger partial charge in [0.15, 0.2) is 5.78 Å². The lowest BCUT2D eigenvalue weighted by molar-refractivity contribution is -0.121. The van der Waals surface area contributed by atoms with Crippen molar-refractivity contribution in [2.24, 2.45) is 0 Å². The Hall–Kier alpha value is -0.840. The summed E-state index contributed by atoms with van der Waals surface area (Å²) in [6.45, 7) is 1.74. The van der Waals surface area contributed by atoms with Crippen molar-refractivity contribution in [3.8, 4) is 0 Å². The highest BCUT2D eigenvalue weighted by Gasteiger charge is 2.31. The van der Waals surface area contributed by atoms with E-state index in [1.165, 1.54) is 12.0 Å². The molecule has 96 valence electrons. The average Bonchev–Trinajstić information content (AvgIpc) is 2.38. The van der Waals surface area contributed by atoms with Crippen molar-refractivity contribution < 1.29 is 14.3 Å². The third kappa shape index (κ3) is 3.56. The zero-order chi connectivity index (χ0) is 12.8. The maximum Gasteiger partial charge on any atom is 0.410 e. The highest BCUT2D eigenvalue weighted by Crippen LogP contribution is 2.20. The summed E-state index contributed by atoms with van der Waals surface area (Å²) < 4.78 is 4.77. The number of alkyl halides is 1. The predicted octanol–water partition coefficient (Wildman–Crippen LogP) is 2.52. The van der Waals surface area contributed by atoms with Crippen molar-refractivity contribution in [1.82, 2.24) is 4.90 Å². The SMILES string of the molecule is COC(=O)N(C1C=CCCC1)C(C)C(=O)CBr. The smallest absolute Gasteiger partial charge is 0.410 e. The maximum absolute atomic E-state index is 11.8. The van der Waals surface area contributed by atoms with Gasteiger partial charge in [-0.05, 0) is 26.2 Å². The van der Waals surface area contributed by atoms with E-state index in [0.29, 0.717) is 0 Å². The van der Waals surface area contributed by atoms with E-state index in [-0.39, 0.29) is 17.2 Å². The highest BCUT2D eigenvalue weighted by molar-refractivity contribution is 9.09. The Morgan fingerprint density at radius 2 is 2.29 bits per heavy atom. The van der Waals surface area contributed by atoms with E-state index in [0.717, 1.165) is 19.3 Å². The Balaban J connectivity index is 2.86. The second kappa shape index (κ2) is 6.79. The molecule has 2 unspecified atom stereocenters. The molecule has 1 aliphatic carbocycles. The first-order valence-electron chi connectivity index (χ1n) is 5.73. The van der Waals surface area contributed by atoms with E-state index >= 15 is 0 Å². The molecular formula is C12H18BrNO3. The number of ether oxygens (including phenoxy) is 1. The fraction of sp³-hybridized carbons (Fsp3) is 0.667. The van der Waals surface area contributed by atoms with Crippen LogP contribution in [-0.2, 0) is 9.53 Å². The molecule has 0 bridgehead atoms. The van der Waals surface area contributed by atoms with Crippen molar-refractivity contribution in [3.63, 3.8) is 0 Å². The molecule has 1 amide bonds. The van der Waals surface area contributed by atoms with Gasteiger partial charge in [0.05, 0.1) is 24.5 Å². The number of Topliss-reactive ketones (excluding diaryl/α,β-unsaturated/α-hetero) is 1. The van der Waals surface area contributed by atoms with Gasteiger partial charge in [0.2, 0.25) is 0 Å². The number of hydrogen-bond acceptors (Lipinski definition) is 3. The first kappa shape index (κ1) is 14.2. The molecule has 2 atom stereocenters. The van der Waals surface area contributed by atoms with Crippen LogP contribution in [-0.4, -0.2) is 41.3 Å². The number of methoxy groups -OCH3 is 1. The molecular weight excluding hydrogens is 286 g/mol. The average molecular weight is 304 g/mol. The minimum absolute atomic E-state index is 0.0191. The molecule has 17 heavy (non-hydrogen) atoms. The molecule has 0 N–H and O–H groups in total. The molecule has 0 aliphatic heterocycles. The molecule has 1 rings (SSSR count). The van der Waals surface area contributed by atoms with Crippen LogP contribution in [0.5, 0.6) is 0 Å². The third-order valence-corrected chi connectivity index (χ3v) is 3.54. The van der Waals surface area contributed by atoms with E-state index in [9.17, 15) is 9.59 Å². The number of allylic oxidation sites excluding steroid dienone is 1. The van der Waals surface area contributed by atoms with Crippen molar-refractivity contribution in [3.05, 3.63) is 12.2 Å². The summed E-state index contributed by atoms with van der Waals surface area (Å²) in [6, 6.07) is -0.497. The standard InChI is InChI=1S/C12H18BrNO3/c1-9(11(15)8-13)14(12(16)17-2)10-6-4-3-5-7-10/h4,6,9-10H,3,5,7-8H2,1-2H3. The fourth-order valence-corrected chi connectivity index (χ4v) is 2.45. The van der Waals surface area contributed by atoms with Crippen LogP contribution in [0, 0.1) is 0 Å². The number of halogens is 1. The Kier molecular flexibility index (Phi) is 5.68. The van der Waals surface area contributed by atoms with Gasteiger partial charge in [0.25, 0.3) is 0 Å². The monoisotopic (exact) mass is 303 g/mol. The molecule has 4 nitrogen and oxygen atoms in total. The number of carbonyl (C=O) groups is 2. The van der Waals surface area contributed by atoms with E-state index < -0.39 is 12.1 Å². The van der Waals surface area contributed by atoms with Crippen LogP contribution >= 0.6 is 15.9 Å². The fourth-order valence-electron chi connectivity index (χ4n) is 1.98. The topological polar surface area (TPSA) is 46.6 Å². The van der Waals surface area contributed by atoms with Gasteiger partial charge in [0, 0.05) is 0 Å². The van der Waals surface area contributed by atoms with Gasteiger partial charge >= 0.3 is 6.09 Å². The molecule has 1 aliphatic rings. The number of ketones is 1.